The highest BCUT2D eigenvalue weighted by atomic mass is 35.7. The minimum atomic E-state index is -1.78. The molecule has 6 heteroatoms. The van der Waals surface area contributed by atoms with Crippen LogP contribution in [-0.4, -0.2) is 21.4 Å². The molecule has 2 rings (SSSR count). The maximum atomic E-state index is 12.0. The van der Waals surface area contributed by atoms with Gasteiger partial charge in [0.05, 0.1) is 11.5 Å². The summed E-state index contributed by atoms with van der Waals surface area (Å²) in [6, 6.07) is 5.67. The Hall–Kier alpha value is -1.33. The Morgan fingerprint density at radius 1 is 1.47 bits per heavy atom. The van der Waals surface area contributed by atoms with Crippen molar-refractivity contribution in [3.63, 3.8) is 0 Å². The number of ether oxygens (including phenoxy) is 1. The van der Waals surface area contributed by atoms with Crippen LogP contribution < -0.4 is 0 Å². The predicted molar refractivity (Wildman–Crippen MR) is 75.9 cm³/mol. The highest BCUT2D eigenvalue weighted by Gasteiger charge is 2.25. The molecule has 19 heavy (non-hydrogen) atoms. The molecule has 102 valence electrons. The molecule has 1 heterocycles. The molecule has 0 N–H and O–H groups in total. The van der Waals surface area contributed by atoms with Crippen molar-refractivity contribution >= 4 is 37.6 Å². The van der Waals surface area contributed by atoms with Gasteiger partial charge < -0.3 is 9.30 Å². The summed E-state index contributed by atoms with van der Waals surface area (Å²) >= 11 is 0. The first kappa shape index (κ1) is 14.1. The standard InChI is InChI=1S/C13H14ClNO3S/c1-4-18-13(16)11-12(19(14)17)9-7-8(2)5-6-10(9)15(11)3/h5-7H,4H2,1-3H3. The van der Waals surface area contributed by atoms with Crippen LogP contribution in [0.4, 0.5) is 0 Å². The zero-order valence-electron chi connectivity index (χ0n) is 10.9. The molecule has 0 saturated heterocycles. The van der Waals surface area contributed by atoms with Crippen LogP contribution >= 0.6 is 10.7 Å². The first-order valence-corrected chi connectivity index (χ1v) is 7.79. The monoisotopic (exact) mass is 299 g/mol. The van der Waals surface area contributed by atoms with Gasteiger partial charge in [0.15, 0.2) is 10.0 Å². The Balaban J connectivity index is 2.82. The van der Waals surface area contributed by atoms with Crippen LogP contribution in [0.5, 0.6) is 0 Å². The molecule has 0 bridgehead atoms. The Morgan fingerprint density at radius 2 is 2.16 bits per heavy atom. The number of benzene rings is 1. The van der Waals surface area contributed by atoms with Gasteiger partial charge in [0, 0.05) is 18.0 Å². The number of aromatic nitrogens is 1. The van der Waals surface area contributed by atoms with E-state index in [0.29, 0.717) is 4.90 Å². The lowest BCUT2D eigenvalue weighted by molar-refractivity contribution is 0.0511. The minimum Gasteiger partial charge on any atom is -0.461 e. The van der Waals surface area contributed by atoms with E-state index in [2.05, 4.69) is 0 Å². The van der Waals surface area contributed by atoms with E-state index in [1.54, 1.807) is 18.5 Å². The molecule has 0 radical (unpaired) electrons. The topological polar surface area (TPSA) is 48.3 Å². The third kappa shape index (κ3) is 2.40. The van der Waals surface area contributed by atoms with Gasteiger partial charge in [-0.05, 0) is 36.7 Å². The number of carbonyl (C=O) groups excluding carboxylic acids is 1. The number of halogens is 1. The third-order valence-corrected chi connectivity index (χ3v) is 4.13. The van der Waals surface area contributed by atoms with Crippen LogP contribution in [0.2, 0.25) is 0 Å². The third-order valence-electron chi connectivity index (χ3n) is 2.94. The summed E-state index contributed by atoms with van der Waals surface area (Å²) in [4.78, 5) is 12.3. The van der Waals surface area contributed by atoms with Gasteiger partial charge in [0.25, 0.3) is 0 Å². The summed E-state index contributed by atoms with van der Waals surface area (Å²) in [5, 5.41) is 0.721. The summed E-state index contributed by atoms with van der Waals surface area (Å²) < 4.78 is 18.4. The van der Waals surface area contributed by atoms with Gasteiger partial charge in [-0.15, -0.1) is 0 Å². The molecule has 2 aromatic rings. The quantitative estimate of drug-likeness (QED) is 0.647. The summed E-state index contributed by atoms with van der Waals surface area (Å²) in [5.74, 6) is -0.511. The molecule has 0 fully saturated rings. The first-order chi connectivity index (χ1) is 8.97. The molecule has 1 aromatic heterocycles. The van der Waals surface area contributed by atoms with Gasteiger partial charge in [-0.2, -0.15) is 0 Å². The van der Waals surface area contributed by atoms with Crippen LogP contribution in [0.3, 0.4) is 0 Å². The maximum absolute atomic E-state index is 12.0. The highest BCUT2D eigenvalue weighted by molar-refractivity contribution is 8.08. The lowest BCUT2D eigenvalue weighted by atomic mass is 10.2. The van der Waals surface area contributed by atoms with E-state index < -0.39 is 16.0 Å². The SMILES string of the molecule is CCOC(=O)c1c(S(=O)Cl)c2cc(C)ccc2n1C. The smallest absolute Gasteiger partial charge is 0.356 e. The minimum absolute atomic E-state index is 0.246. The number of nitrogens with zero attached hydrogens (tertiary/aromatic N) is 1. The fraction of sp³-hybridized carbons (Fsp3) is 0.308. The van der Waals surface area contributed by atoms with Crippen LogP contribution in [0.25, 0.3) is 10.9 Å². The normalized spacial score (nSPS) is 12.6. The molecule has 0 amide bonds. The molecule has 1 unspecified atom stereocenters. The highest BCUT2D eigenvalue weighted by Crippen LogP contribution is 2.31. The molecule has 0 aliphatic carbocycles. The molecule has 0 aliphatic rings. The van der Waals surface area contributed by atoms with Crippen molar-refractivity contribution in [1.82, 2.24) is 4.57 Å². The van der Waals surface area contributed by atoms with Crippen LogP contribution in [-0.2, 0) is 21.8 Å². The van der Waals surface area contributed by atoms with Gasteiger partial charge in [0.2, 0.25) is 0 Å². The number of hydrogen-bond donors (Lipinski definition) is 0. The fourth-order valence-electron chi connectivity index (χ4n) is 2.12. The van der Waals surface area contributed by atoms with E-state index in [1.165, 1.54) is 0 Å². The molecular weight excluding hydrogens is 286 g/mol. The second kappa shape index (κ2) is 5.35. The number of rotatable bonds is 3. The Kier molecular flexibility index (Phi) is 3.96. The summed E-state index contributed by atoms with van der Waals surface area (Å²) in [6.45, 7) is 3.91. The van der Waals surface area contributed by atoms with E-state index in [4.69, 9.17) is 15.4 Å². The lowest BCUT2D eigenvalue weighted by Gasteiger charge is -2.04. The molecule has 0 aliphatic heterocycles. The van der Waals surface area contributed by atoms with Gasteiger partial charge in [-0.1, -0.05) is 11.6 Å². The zero-order valence-corrected chi connectivity index (χ0v) is 12.5. The fourth-order valence-corrected chi connectivity index (χ4v) is 3.29. The maximum Gasteiger partial charge on any atom is 0.356 e. The number of fused-ring (bicyclic) bond motifs is 1. The van der Waals surface area contributed by atoms with Gasteiger partial charge in [-0.25, -0.2) is 9.00 Å². The van der Waals surface area contributed by atoms with E-state index in [0.717, 1.165) is 16.5 Å². The zero-order chi connectivity index (χ0) is 14.2. The Labute approximate surface area is 118 Å². The van der Waals surface area contributed by atoms with Gasteiger partial charge >= 0.3 is 5.97 Å². The number of hydrogen-bond acceptors (Lipinski definition) is 3. The van der Waals surface area contributed by atoms with E-state index >= 15 is 0 Å². The predicted octanol–water partition coefficient (Wildman–Crippen LogP) is 2.92. The molecule has 4 nitrogen and oxygen atoms in total. The number of aryl methyl sites for hydroxylation is 2. The van der Waals surface area contributed by atoms with Gasteiger partial charge in [0.1, 0.15) is 5.69 Å². The van der Waals surface area contributed by atoms with Crippen LogP contribution in [0, 0.1) is 6.92 Å². The van der Waals surface area contributed by atoms with Crippen molar-refractivity contribution in [2.75, 3.05) is 6.61 Å². The summed E-state index contributed by atoms with van der Waals surface area (Å²) in [6.07, 6.45) is 0. The molecular formula is C13H14ClNO3S. The second-order valence-corrected chi connectivity index (χ2v) is 5.90. The Morgan fingerprint density at radius 3 is 2.74 bits per heavy atom. The summed E-state index contributed by atoms with van der Waals surface area (Å²) in [7, 11) is 5.71. The van der Waals surface area contributed by atoms with Crippen molar-refractivity contribution in [3.8, 4) is 0 Å². The van der Waals surface area contributed by atoms with E-state index in [1.807, 2.05) is 25.1 Å². The summed E-state index contributed by atoms with van der Waals surface area (Å²) in [5.41, 5.74) is 2.06. The van der Waals surface area contributed by atoms with Crippen LogP contribution in [0.1, 0.15) is 23.0 Å². The number of carbonyl (C=O) groups is 1. The molecule has 0 spiro atoms. The van der Waals surface area contributed by atoms with Crippen molar-refractivity contribution in [3.05, 3.63) is 29.5 Å². The Bertz CT molecular complexity index is 678. The first-order valence-electron chi connectivity index (χ1n) is 5.81. The largest absolute Gasteiger partial charge is 0.461 e. The second-order valence-electron chi connectivity index (χ2n) is 4.20. The van der Waals surface area contributed by atoms with Crippen molar-refractivity contribution in [1.29, 1.82) is 0 Å². The van der Waals surface area contributed by atoms with Crippen LogP contribution in [0.15, 0.2) is 23.1 Å². The molecule has 1 atom stereocenters. The molecule has 0 saturated carbocycles. The number of esters is 1. The van der Waals surface area contributed by atoms with Gasteiger partial charge in [-0.3, -0.25) is 0 Å². The van der Waals surface area contributed by atoms with Crippen molar-refractivity contribution in [2.24, 2.45) is 7.05 Å². The van der Waals surface area contributed by atoms with E-state index in [-0.39, 0.29) is 12.3 Å². The lowest BCUT2D eigenvalue weighted by Crippen LogP contribution is -2.11. The average Bonchev–Trinajstić information content (AvgIpc) is 2.62. The van der Waals surface area contributed by atoms with Crippen molar-refractivity contribution in [2.45, 2.75) is 18.7 Å². The van der Waals surface area contributed by atoms with E-state index in [9.17, 15) is 9.00 Å². The van der Waals surface area contributed by atoms with Crippen molar-refractivity contribution < 1.29 is 13.7 Å². The molecule has 1 aromatic carbocycles. The average molecular weight is 300 g/mol.